The molecule has 2 aromatic rings. The SMILES string of the molecule is CCSc1nc(CC(=O)NCc2nnc(C)o2)cs1. The zero-order chi connectivity index (χ0) is 13.7. The minimum atomic E-state index is -0.103. The standard InChI is InChI=1S/C11H14N4O2S2/c1-3-18-11-13-8(6-19-11)4-9(16)12-5-10-15-14-7(2)17-10/h6H,3-5H2,1-2H3,(H,12,16). The van der Waals surface area contributed by atoms with Crippen LogP contribution < -0.4 is 5.32 Å². The number of aryl methyl sites for hydroxylation is 1. The topological polar surface area (TPSA) is 80.9 Å². The van der Waals surface area contributed by atoms with Gasteiger partial charge < -0.3 is 9.73 Å². The Morgan fingerprint density at radius 3 is 3.05 bits per heavy atom. The monoisotopic (exact) mass is 298 g/mol. The summed E-state index contributed by atoms with van der Waals surface area (Å²) in [4.78, 5) is 16.1. The Kier molecular flexibility index (Phi) is 4.92. The molecule has 0 aliphatic rings. The average Bonchev–Trinajstić information content (AvgIpc) is 2.97. The number of hydrogen-bond donors (Lipinski definition) is 1. The summed E-state index contributed by atoms with van der Waals surface area (Å²) < 4.78 is 6.16. The van der Waals surface area contributed by atoms with Crippen LogP contribution in [0.2, 0.25) is 0 Å². The van der Waals surface area contributed by atoms with E-state index in [9.17, 15) is 4.79 Å². The van der Waals surface area contributed by atoms with Crippen molar-refractivity contribution < 1.29 is 9.21 Å². The Labute approximate surface area is 119 Å². The highest BCUT2D eigenvalue weighted by molar-refractivity contribution is 8.00. The third-order valence-electron chi connectivity index (χ3n) is 2.14. The molecule has 6 nitrogen and oxygen atoms in total. The number of thioether (sulfide) groups is 1. The van der Waals surface area contributed by atoms with Crippen molar-refractivity contribution in [2.45, 2.75) is 31.2 Å². The van der Waals surface area contributed by atoms with Crippen LogP contribution >= 0.6 is 23.1 Å². The normalized spacial score (nSPS) is 10.6. The van der Waals surface area contributed by atoms with Gasteiger partial charge in [0, 0.05) is 12.3 Å². The third-order valence-corrected chi connectivity index (χ3v) is 4.10. The quantitative estimate of drug-likeness (QED) is 0.819. The van der Waals surface area contributed by atoms with Crippen LogP contribution in [0.25, 0.3) is 0 Å². The second kappa shape index (κ2) is 6.67. The minimum Gasteiger partial charge on any atom is -0.424 e. The number of aromatic nitrogens is 3. The van der Waals surface area contributed by atoms with E-state index in [0.717, 1.165) is 15.8 Å². The van der Waals surface area contributed by atoms with Crippen LogP contribution in [0.15, 0.2) is 14.1 Å². The molecule has 0 bridgehead atoms. The van der Waals surface area contributed by atoms with Crippen molar-refractivity contribution >= 4 is 29.0 Å². The number of nitrogens with one attached hydrogen (secondary N) is 1. The van der Waals surface area contributed by atoms with Crippen LogP contribution in [0.5, 0.6) is 0 Å². The molecule has 2 heterocycles. The van der Waals surface area contributed by atoms with Crippen molar-refractivity contribution in [2.75, 3.05) is 5.75 Å². The first-order chi connectivity index (χ1) is 9.17. The fraction of sp³-hybridized carbons (Fsp3) is 0.455. The summed E-state index contributed by atoms with van der Waals surface area (Å²) >= 11 is 3.24. The zero-order valence-electron chi connectivity index (χ0n) is 10.7. The van der Waals surface area contributed by atoms with Gasteiger partial charge in [-0.3, -0.25) is 4.79 Å². The largest absolute Gasteiger partial charge is 0.424 e. The van der Waals surface area contributed by atoms with E-state index < -0.39 is 0 Å². The van der Waals surface area contributed by atoms with E-state index in [0.29, 0.717) is 11.8 Å². The number of amides is 1. The first-order valence-corrected chi connectivity index (χ1v) is 7.66. The molecule has 0 aliphatic heterocycles. The fourth-order valence-electron chi connectivity index (χ4n) is 1.37. The maximum Gasteiger partial charge on any atom is 0.235 e. The predicted octanol–water partition coefficient (Wildman–Crippen LogP) is 1.81. The summed E-state index contributed by atoms with van der Waals surface area (Å²) in [7, 11) is 0. The van der Waals surface area contributed by atoms with E-state index in [1.807, 2.05) is 5.38 Å². The molecule has 19 heavy (non-hydrogen) atoms. The second-order valence-electron chi connectivity index (χ2n) is 3.71. The van der Waals surface area contributed by atoms with Crippen LogP contribution in [0, 0.1) is 6.92 Å². The Morgan fingerprint density at radius 2 is 2.37 bits per heavy atom. The lowest BCUT2D eigenvalue weighted by molar-refractivity contribution is -0.120. The van der Waals surface area contributed by atoms with E-state index in [2.05, 4.69) is 27.4 Å². The maximum absolute atomic E-state index is 11.7. The molecule has 0 radical (unpaired) electrons. The molecule has 0 aliphatic carbocycles. The molecule has 2 rings (SSSR count). The Bertz CT molecular complexity index is 552. The molecule has 0 saturated carbocycles. The van der Waals surface area contributed by atoms with Crippen molar-refractivity contribution in [1.82, 2.24) is 20.5 Å². The summed E-state index contributed by atoms with van der Waals surface area (Å²) in [5, 5.41) is 12.1. The van der Waals surface area contributed by atoms with Gasteiger partial charge in [-0.25, -0.2) is 4.98 Å². The molecule has 102 valence electrons. The third kappa shape index (κ3) is 4.32. The molecular formula is C11H14N4O2S2. The summed E-state index contributed by atoms with van der Waals surface area (Å²) in [6.45, 7) is 4.03. The molecule has 8 heteroatoms. The number of carbonyl (C=O) groups is 1. The van der Waals surface area contributed by atoms with Gasteiger partial charge in [-0.05, 0) is 5.75 Å². The van der Waals surface area contributed by atoms with E-state index in [1.165, 1.54) is 0 Å². The van der Waals surface area contributed by atoms with Crippen LogP contribution in [0.4, 0.5) is 0 Å². The summed E-state index contributed by atoms with van der Waals surface area (Å²) in [5.74, 6) is 1.78. The highest BCUT2D eigenvalue weighted by Gasteiger charge is 2.09. The number of hydrogen-bond acceptors (Lipinski definition) is 7. The molecule has 1 amide bonds. The summed E-state index contributed by atoms with van der Waals surface area (Å²) in [6, 6.07) is 0. The summed E-state index contributed by atoms with van der Waals surface area (Å²) in [5.41, 5.74) is 0.792. The van der Waals surface area contributed by atoms with Crippen molar-refractivity contribution in [3.05, 3.63) is 22.9 Å². The Balaban J connectivity index is 1.80. The lowest BCUT2D eigenvalue weighted by atomic mass is 10.3. The van der Waals surface area contributed by atoms with Crippen LogP contribution in [-0.2, 0) is 17.8 Å². The molecule has 0 atom stereocenters. The number of carbonyl (C=O) groups excluding carboxylic acids is 1. The van der Waals surface area contributed by atoms with E-state index >= 15 is 0 Å². The van der Waals surface area contributed by atoms with Gasteiger partial charge in [0.25, 0.3) is 0 Å². The maximum atomic E-state index is 11.7. The van der Waals surface area contributed by atoms with E-state index in [1.54, 1.807) is 30.0 Å². The summed E-state index contributed by atoms with van der Waals surface area (Å²) in [6.07, 6.45) is 0.272. The van der Waals surface area contributed by atoms with Gasteiger partial charge in [-0.1, -0.05) is 18.7 Å². The molecular weight excluding hydrogens is 284 g/mol. The molecule has 0 unspecified atom stereocenters. The molecule has 0 saturated heterocycles. The van der Waals surface area contributed by atoms with Gasteiger partial charge in [0.05, 0.1) is 18.7 Å². The molecule has 0 spiro atoms. The second-order valence-corrected chi connectivity index (χ2v) is 6.08. The zero-order valence-corrected chi connectivity index (χ0v) is 12.3. The van der Waals surface area contributed by atoms with Crippen LogP contribution in [0.1, 0.15) is 24.4 Å². The Morgan fingerprint density at radius 1 is 1.53 bits per heavy atom. The van der Waals surface area contributed by atoms with Gasteiger partial charge in [0.2, 0.25) is 17.7 Å². The number of nitrogens with zero attached hydrogens (tertiary/aromatic N) is 3. The van der Waals surface area contributed by atoms with Gasteiger partial charge in [-0.2, -0.15) is 0 Å². The van der Waals surface area contributed by atoms with E-state index in [-0.39, 0.29) is 18.9 Å². The fourth-order valence-corrected chi connectivity index (χ4v) is 3.11. The lowest BCUT2D eigenvalue weighted by Crippen LogP contribution is -2.24. The molecule has 0 fully saturated rings. The van der Waals surface area contributed by atoms with Crippen molar-refractivity contribution in [1.29, 1.82) is 0 Å². The predicted molar refractivity (Wildman–Crippen MR) is 73.1 cm³/mol. The Hall–Kier alpha value is -1.41. The minimum absolute atomic E-state index is 0.103. The smallest absolute Gasteiger partial charge is 0.235 e. The highest BCUT2D eigenvalue weighted by Crippen LogP contribution is 2.22. The van der Waals surface area contributed by atoms with Crippen molar-refractivity contribution in [2.24, 2.45) is 0 Å². The first kappa shape index (κ1) is 14.0. The van der Waals surface area contributed by atoms with Crippen LogP contribution in [0.3, 0.4) is 0 Å². The molecule has 2 aromatic heterocycles. The van der Waals surface area contributed by atoms with Gasteiger partial charge in [0.1, 0.15) is 4.34 Å². The van der Waals surface area contributed by atoms with Crippen molar-refractivity contribution in [3.63, 3.8) is 0 Å². The first-order valence-electron chi connectivity index (χ1n) is 5.80. The average molecular weight is 298 g/mol. The van der Waals surface area contributed by atoms with Crippen LogP contribution in [-0.4, -0.2) is 26.8 Å². The van der Waals surface area contributed by atoms with Gasteiger partial charge in [-0.15, -0.1) is 21.5 Å². The lowest BCUT2D eigenvalue weighted by Gasteiger charge is -1.99. The van der Waals surface area contributed by atoms with E-state index in [4.69, 9.17) is 4.42 Å². The molecule has 1 N–H and O–H groups in total. The van der Waals surface area contributed by atoms with Crippen molar-refractivity contribution in [3.8, 4) is 0 Å². The molecule has 0 aromatic carbocycles. The highest BCUT2D eigenvalue weighted by atomic mass is 32.2. The van der Waals surface area contributed by atoms with Gasteiger partial charge in [0.15, 0.2) is 0 Å². The van der Waals surface area contributed by atoms with Gasteiger partial charge >= 0.3 is 0 Å². The number of rotatable bonds is 6. The number of thiazole rings is 1.